The molecule has 4 unspecified atom stereocenters. The summed E-state index contributed by atoms with van der Waals surface area (Å²) in [6.07, 6.45) is -4.45. The summed E-state index contributed by atoms with van der Waals surface area (Å²) in [4.78, 5) is 11.3. The molecule has 1 amide bonds. The van der Waals surface area contributed by atoms with Crippen LogP contribution in [0.3, 0.4) is 0 Å². The second kappa shape index (κ2) is 5.28. The Morgan fingerprint density at radius 1 is 1.47 bits per heavy atom. The molecule has 5 N–H and O–H groups in total. The highest BCUT2D eigenvalue weighted by Crippen LogP contribution is 2.23. The van der Waals surface area contributed by atoms with Crippen LogP contribution in [0.2, 0.25) is 0 Å². The molecular weight excluding hydrogens is 230 g/mol. The van der Waals surface area contributed by atoms with Crippen molar-refractivity contribution in [1.29, 1.82) is 0 Å². The van der Waals surface area contributed by atoms with Gasteiger partial charge in [0.2, 0.25) is 11.7 Å². The Labute approximate surface area is 99.0 Å². The summed E-state index contributed by atoms with van der Waals surface area (Å²) in [7, 11) is 0. The topological polar surface area (TPSA) is 119 Å². The molecule has 1 fully saturated rings. The van der Waals surface area contributed by atoms with E-state index in [-0.39, 0.29) is 25.0 Å². The zero-order valence-electron chi connectivity index (χ0n) is 9.83. The number of aliphatic hydroxyl groups is 4. The molecule has 0 saturated carbocycles. The lowest BCUT2D eigenvalue weighted by atomic mass is 9.96. The molecule has 7 nitrogen and oxygen atoms in total. The number of nitrogens with one attached hydrogen (secondary N) is 1. The number of carbonyl (C=O) groups excluding carboxylic acids is 1. The van der Waals surface area contributed by atoms with E-state index in [9.17, 15) is 25.2 Å². The van der Waals surface area contributed by atoms with Gasteiger partial charge in [-0.1, -0.05) is 13.8 Å². The van der Waals surface area contributed by atoms with E-state index in [1.165, 1.54) is 0 Å². The molecule has 7 heteroatoms. The smallest absolute Gasteiger partial charge is 0.222 e. The molecule has 1 aliphatic rings. The largest absolute Gasteiger partial charge is 0.388 e. The maximum absolute atomic E-state index is 11.3. The van der Waals surface area contributed by atoms with Crippen LogP contribution < -0.4 is 5.32 Å². The summed E-state index contributed by atoms with van der Waals surface area (Å²) < 4.78 is 4.87. The summed E-state index contributed by atoms with van der Waals surface area (Å²) in [6.45, 7) is 2.69. The minimum atomic E-state index is -2.08. The fourth-order valence-corrected chi connectivity index (χ4v) is 1.46. The van der Waals surface area contributed by atoms with E-state index in [4.69, 9.17) is 4.74 Å². The van der Waals surface area contributed by atoms with Gasteiger partial charge in [-0.3, -0.25) is 4.79 Å². The number of carbonyl (C=O) groups is 1. The van der Waals surface area contributed by atoms with Crippen molar-refractivity contribution in [2.75, 3.05) is 13.2 Å². The number of rotatable bonds is 3. The Morgan fingerprint density at radius 2 is 2.06 bits per heavy atom. The highest BCUT2D eigenvalue weighted by atomic mass is 16.6. The minimum absolute atomic E-state index is 0.269. The van der Waals surface area contributed by atoms with E-state index >= 15 is 0 Å². The molecule has 0 bridgehead atoms. The quantitative estimate of drug-likeness (QED) is 0.379. The second-order valence-corrected chi connectivity index (χ2v) is 4.53. The normalized spacial score (nSPS) is 38.2. The summed E-state index contributed by atoms with van der Waals surface area (Å²) >= 11 is 0. The fourth-order valence-electron chi connectivity index (χ4n) is 1.46. The molecule has 0 radical (unpaired) electrons. The molecule has 0 aromatic heterocycles. The third kappa shape index (κ3) is 3.14. The molecule has 0 aromatic carbocycles. The number of aliphatic hydroxyl groups excluding tert-OH is 3. The summed E-state index contributed by atoms with van der Waals surface area (Å²) in [6, 6.07) is 0. The van der Waals surface area contributed by atoms with Crippen LogP contribution >= 0.6 is 0 Å². The lowest BCUT2D eigenvalue weighted by Crippen LogP contribution is -2.64. The number of amides is 1. The molecule has 1 rings (SSSR count). The highest BCUT2D eigenvalue weighted by molar-refractivity contribution is 5.77. The van der Waals surface area contributed by atoms with Gasteiger partial charge in [0.25, 0.3) is 0 Å². The monoisotopic (exact) mass is 249 g/mol. The minimum Gasteiger partial charge on any atom is -0.388 e. The van der Waals surface area contributed by atoms with Crippen molar-refractivity contribution in [2.24, 2.45) is 5.92 Å². The Balaban J connectivity index is 2.59. The van der Waals surface area contributed by atoms with Gasteiger partial charge in [-0.2, -0.15) is 0 Å². The Morgan fingerprint density at radius 3 is 2.59 bits per heavy atom. The lowest BCUT2D eigenvalue weighted by molar-refractivity contribution is -0.317. The van der Waals surface area contributed by atoms with E-state index in [0.29, 0.717) is 0 Å². The first-order valence-electron chi connectivity index (χ1n) is 5.46. The van der Waals surface area contributed by atoms with Crippen molar-refractivity contribution in [3.63, 3.8) is 0 Å². The third-order valence-electron chi connectivity index (χ3n) is 2.72. The predicted octanol–water partition coefficient (Wildman–Crippen LogP) is -2.44. The molecule has 17 heavy (non-hydrogen) atoms. The van der Waals surface area contributed by atoms with Crippen molar-refractivity contribution >= 4 is 5.91 Å². The van der Waals surface area contributed by atoms with Gasteiger partial charge < -0.3 is 30.5 Å². The van der Waals surface area contributed by atoms with Crippen LogP contribution in [0.25, 0.3) is 0 Å². The SMILES string of the molecule is CC(C)C(=O)NCC1(O)OCC(O)C(O)C1O. The molecule has 1 aliphatic heterocycles. The molecule has 1 heterocycles. The number of hydrogen-bond acceptors (Lipinski definition) is 6. The van der Waals surface area contributed by atoms with E-state index < -0.39 is 24.1 Å². The van der Waals surface area contributed by atoms with E-state index in [1.807, 2.05) is 0 Å². The van der Waals surface area contributed by atoms with Crippen molar-refractivity contribution in [1.82, 2.24) is 5.32 Å². The zero-order chi connectivity index (χ0) is 13.2. The van der Waals surface area contributed by atoms with Gasteiger partial charge in [0.05, 0.1) is 13.2 Å². The first-order chi connectivity index (χ1) is 7.78. The van der Waals surface area contributed by atoms with Crippen LogP contribution in [0.15, 0.2) is 0 Å². The molecule has 1 saturated heterocycles. The van der Waals surface area contributed by atoms with Gasteiger partial charge >= 0.3 is 0 Å². The molecular formula is C10H19NO6. The van der Waals surface area contributed by atoms with Crippen LogP contribution in [0.4, 0.5) is 0 Å². The van der Waals surface area contributed by atoms with Crippen LogP contribution in [-0.2, 0) is 9.53 Å². The van der Waals surface area contributed by atoms with Crippen LogP contribution in [0, 0.1) is 5.92 Å². The average molecular weight is 249 g/mol. The summed E-state index contributed by atoms with van der Waals surface area (Å²) in [5.41, 5.74) is 0. The molecule has 0 aromatic rings. The van der Waals surface area contributed by atoms with E-state index in [0.717, 1.165) is 0 Å². The summed E-state index contributed by atoms with van der Waals surface area (Å²) in [5, 5.41) is 40.5. The van der Waals surface area contributed by atoms with Crippen molar-refractivity contribution < 1.29 is 30.0 Å². The predicted molar refractivity (Wildman–Crippen MR) is 56.8 cm³/mol. The fraction of sp³-hybridized carbons (Fsp3) is 0.900. The molecule has 0 spiro atoms. The van der Waals surface area contributed by atoms with Crippen LogP contribution in [-0.4, -0.2) is 63.6 Å². The first kappa shape index (κ1) is 14.3. The van der Waals surface area contributed by atoms with Gasteiger partial charge in [0.1, 0.15) is 18.3 Å². The van der Waals surface area contributed by atoms with Crippen molar-refractivity contribution in [3.05, 3.63) is 0 Å². The van der Waals surface area contributed by atoms with E-state index in [2.05, 4.69) is 5.32 Å². The first-order valence-corrected chi connectivity index (χ1v) is 5.46. The maximum atomic E-state index is 11.3. The second-order valence-electron chi connectivity index (χ2n) is 4.53. The molecule has 4 atom stereocenters. The van der Waals surface area contributed by atoms with Crippen molar-refractivity contribution in [2.45, 2.75) is 37.9 Å². The average Bonchev–Trinajstić information content (AvgIpc) is 2.29. The van der Waals surface area contributed by atoms with E-state index in [1.54, 1.807) is 13.8 Å². The van der Waals surface area contributed by atoms with Gasteiger partial charge in [0.15, 0.2) is 0 Å². The standard InChI is InChI=1S/C10H19NO6/c1-5(2)9(15)11-4-10(16)8(14)7(13)6(12)3-17-10/h5-8,12-14,16H,3-4H2,1-2H3,(H,11,15). The molecule has 0 aliphatic carbocycles. The zero-order valence-corrected chi connectivity index (χ0v) is 9.83. The maximum Gasteiger partial charge on any atom is 0.222 e. The van der Waals surface area contributed by atoms with Crippen LogP contribution in [0.5, 0.6) is 0 Å². The molecule has 100 valence electrons. The summed E-state index contributed by atoms with van der Waals surface area (Å²) in [5.74, 6) is -2.66. The van der Waals surface area contributed by atoms with Gasteiger partial charge in [-0.05, 0) is 0 Å². The Bertz CT molecular complexity index is 284. The van der Waals surface area contributed by atoms with Crippen LogP contribution in [0.1, 0.15) is 13.8 Å². The Hall–Kier alpha value is -0.730. The number of ether oxygens (including phenoxy) is 1. The third-order valence-corrected chi connectivity index (χ3v) is 2.72. The Kier molecular flexibility index (Phi) is 4.45. The highest BCUT2D eigenvalue weighted by Gasteiger charge is 2.48. The van der Waals surface area contributed by atoms with Gasteiger partial charge in [-0.25, -0.2) is 0 Å². The number of hydrogen-bond donors (Lipinski definition) is 5. The van der Waals surface area contributed by atoms with Gasteiger partial charge in [-0.15, -0.1) is 0 Å². The lowest BCUT2D eigenvalue weighted by Gasteiger charge is -2.41. The van der Waals surface area contributed by atoms with Crippen molar-refractivity contribution in [3.8, 4) is 0 Å². The van der Waals surface area contributed by atoms with Gasteiger partial charge in [0, 0.05) is 5.92 Å².